The van der Waals surface area contributed by atoms with Gasteiger partial charge in [0.05, 0.1) is 25.3 Å². The summed E-state index contributed by atoms with van der Waals surface area (Å²) in [5.74, 6) is 1.14. The average molecular weight is 332 g/mol. The molecule has 2 N–H and O–H groups in total. The van der Waals surface area contributed by atoms with Crippen LogP contribution >= 0.6 is 0 Å². The lowest BCUT2D eigenvalue weighted by atomic mass is 10.0. The molecule has 3 fully saturated rings. The molecular weight excluding hydrogens is 308 g/mol. The Labute approximate surface area is 141 Å². The predicted molar refractivity (Wildman–Crippen MR) is 87.7 cm³/mol. The molecule has 3 aliphatic rings. The summed E-state index contributed by atoms with van der Waals surface area (Å²) in [4.78, 5) is 20.3. The van der Waals surface area contributed by atoms with E-state index in [0.717, 1.165) is 5.69 Å². The lowest BCUT2D eigenvalue weighted by Crippen LogP contribution is -2.44. The molecular formula is C17H24N4O3. The Morgan fingerprint density at radius 2 is 1.88 bits per heavy atom. The molecule has 2 saturated heterocycles. The van der Waals surface area contributed by atoms with Crippen LogP contribution in [0.5, 0.6) is 0 Å². The molecule has 0 unspecified atom stereocenters. The number of aromatic nitrogens is 2. The van der Waals surface area contributed by atoms with Crippen molar-refractivity contribution in [1.29, 1.82) is 0 Å². The van der Waals surface area contributed by atoms with Gasteiger partial charge in [0.2, 0.25) is 11.9 Å². The first-order chi connectivity index (χ1) is 11.7. The fourth-order valence-electron chi connectivity index (χ4n) is 4.06. The van der Waals surface area contributed by atoms with Gasteiger partial charge >= 0.3 is 0 Å². The van der Waals surface area contributed by atoms with E-state index in [4.69, 9.17) is 14.5 Å². The Morgan fingerprint density at radius 1 is 1.17 bits per heavy atom. The minimum atomic E-state index is -0.107. The van der Waals surface area contributed by atoms with Crippen LogP contribution in [-0.2, 0) is 14.3 Å². The quantitative estimate of drug-likeness (QED) is 0.862. The van der Waals surface area contributed by atoms with Crippen LogP contribution in [0.3, 0.4) is 0 Å². The normalized spacial score (nSPS) is 32.7. The van der Waals surface area contributed by atoms with Gasteiger partial charge in [0, 0.05) is 24.7 Å². The van der Waals surface area contributed by atoms with Crippen molar-refractivity contribution in [3.8, 4) is 0 Å². The second-order valence-corrected chi connectivity index (χ2v) is 6.94. The molecule has 4 atom stereocenters. The zero-order valence-electron chi connectivity index (χ0n) is 13.9. The summed E-state index contributed by atoms with van der Waals surface area (Å²) in [6.07, 6.45) is 6.65. The van der Waals surface area contributed by atoms with E-state index in [1.165, 1.54) is 32.6 Å². The SMILES string of the molecule is CC(=O)N[C@H]1CO[C@H]2[C@@H]1OC[C@@H]2Nc1nccc(C2CCCC2)n1. The Kier molecular flexibility index (Phi) is 4.37. The van der Waals surface area contributed by atoms with Gasteiger partial charge in [-0.1, -0.05) is 12.8 Å². The summed E-state index contributed by atoms with van der Waals surface area (Å²) in [6.45, 7) is 2.53. The molecule has 3 heterocycles. The van der Waals surface area contributed by atoms with Gasteiger partial charge in [-0.3, -0.25) is 4.79 Å². The zero-order valence-corrected chi connectivity index (χ0v) is 13.9. The fraction of sp³-hybridized carbons (Fsp3) is 0.706. The second-order valence-electron chi connectivity index (χ2n) is 6.94. The third kappa shape index (κ3) is 3.10. The summed E-state index contributed by atoms with van der Waals surface area (Å²) in [7, 11) is 0. The Bertz CT molecular complexity index is 605. The average Bonchev–Trinajstić information content (AvgIpc) is 3.28. The standard InChI is InChI=1S/C17H24N4O3/c1-10(22)19-13-8-23-16-14(9-24-15(13)16)21-17-18-7-6-12(20-17)11-4-2-3-5-11/h6-7,11,13-16H,2-5,8-9H2,1H3,(H,19,22)(H,18,20,21)/t13-,14-,15+,16+/m0/s1. The van der Waals surface area contributed by atoms with Crippen LogP contribution in [0.25, 0.3) is 0 Å². The number of amides is 1. The lowest BCUT2D eigenvalue weighted by Gasteiger charge is -2.18. The smallest absolute Gasteiger partial charge is 0.223 e. The third-order valence-electron chi connectivity index (χ3n) is 5.21. The number of fused-ring (bicyclic) bond motifs is 1. The molecule has 0 radical (unpaired) electrons. The van der Waals surface area contributed by atoms with E-state index in [9.17, 15) is 4.79 Å². The molecule has 1 aliphatic carbocycles. The van der Waals surface area contributed by atoms with Crippen LogP contribution in [0.15, 0.2) is 12.3 Å². The van der Waals surface area contributed by atoms with Gasteiger partial charge in [-0.15, -0.1) is 0 Å². The molecule has 130 valence electrons. The van der Waals surface area contributed by atoms with Crippen LogP contribution < -0.4 is 10.6 Å². The van der Waals surface area contributed by atoms with Crippen molar-refractivity contribution in [3.63, 3.8) is 0 Å². The van der Waals surface area contributed by atoms with Gasteiger partial charge in [-0.25, -0.2) is 9.97 Å². The number of hydrogen-bond donors (Lipinski definition) is 2. The van der Waals surface area contributed by atoms with Gasteiger partial charge in [0.15, 0.2) is 0 Å². The number of rotatable bonds is 4. The van der Waals surface area contributed by atoms with Gasteiger partial charge in [0.25, 0.3) is 0 Å². The number of hydrogen-bond acceptors (Lipinski definition) is 6. The first kappa shape index (κ1) is 15.8. The number of nitrogens with one attached hydrogen (secondary N) is 2. The Balaban J connectivity index is 1.41. The van der Waals surface area contributed by atoms with Crippen molar-refractivity contribution < 1.29 is 14.3 Å². The molecule has 0 spiro atoms. The third-order valence-corrected chi connectivity index (χ3v) is 5.21. The Morgan fingerprint density at radius 3 is 2.62 bits per heavy atom. The highest BCUT2D eigenvalue weighted by Gasteiger charge is 2.48. The van der Waals surface area contributed by atoms with Crippen molar-refractivity contribution in [2.45, 2.75) is 62.8 Å². The molecule has 0 aromatic carbocycles. The van der Waals surface area contributed by atoms with Crippen LogP contribution in [0.4, 0.5) is 5.95 Å². The monoisotopic (exact) mass is 332 g/mol. The lowest BCUT2D eigenvalue weighted by molar-refractivity contribution is -0.120. The van der Waals surface area contributed by atoms with Gasteiger partial charge < -0.3 is 20.1 Å². The molecule has 1 aromatic heterocycles. The van der Waals surface area contributed by atoms with Crippen LogP contribution in [0, 0.1) is 0 Å². The number of nitrogens with zero attached hydrogens (tertiary/aromatic N) is 2. The summed E-state index contributed by atoms with van der Waals surface area (Å²) in [5, 5.41) is 6.26. The van der Waals surface area contributed by atoms with E-state index in [0.29, 0.717) is 25.1 Å². The fourth-order valence-corrected chi connectivity index (χ4v) is 4.06. The van der Waals surface area contributed by atoms with E-state index in [1.54, 1.807) is 0 Å². The Hall–Kier alpha value is -1.73. The molecule has 1 amide bonds. The van der Waals surface area contributed by atoms with Crippen molar-refractivity contribution in [1.82, 2.24) is 15.3 Å². The zero-order chi connectivity index (χ0) is 16.5. The minimum absolute atomic E-state index is 0.00702. The highest BCUT2D eigenvalue weighted by molar-refractivity contribution is 5.73. The summed E-state index contributed by atoms with van der Waals surface area (Å²) < 4.78 is 11.7. The largest absolute Gasteiger partial charge is 0.371 e. The van der Waals surface area contributed by atoms with Crippen LogP contribution in [0.2, 0.25) is 0 Å². The number of carbonyl (C=O) groups excluding carboxylic acids is 1. The van der Waals surface area contributed by atoms with Crippen molar-refractivity contribution in [3.05, 3.63) is 18.0 Å². The van der Waals surface area contributed by atoms with Crippen molar-refractivity contribution in [2.75, 3.05) is 18.5 Å². The van der Waals surface area contributed by atoms with Crippen molar-refractivity contribution in [2.24, 2.45) is 0 Å². The van der Waals surface area contributed by atoms with E-state index in [-0.39, 0.29) is 30.2 Å². The maximum absolute atomic E-state index is 11.3. The molecule has 4 rings (SSSR count). The first-order valence-electron chi connectivity index (χ1n) is 8.80. The molecule has 1 saturated carbocycles. The molecule has 24 heavy (non-hydrogen) atoms. The maximum Gasteiger partial charge on any atom is 0.223 e. The van der Waals surface area contributed by atoms with E-state index in [1.807, 2.05) is 12.3 Å². The van der Waals surface area contributed by atoms with Crippen molar-refractivity contribution >= 4 is 11.9 Å². The number of carbonyl (C=O) groups is 1. The molecule has 2 aliphatic heterocycles. The molecule has 0 bridgehead atoms. The predicted octanol–water partition coefficient (Wildman–Crippen LogP) is 1.22. The van der Waals surface area contributed by atoms with Crippen LogP contribution in [0.1, 0.15) is 44.2 Å². The van der Waals surface area contributed by atoms with E-state index >= 15 is 0 Å². The molecule has 1 aromatic rings. The first-order valence-corrected chi connectivity index (χ1v) is 8.80. The molecule has 7 nitrogen and oxygen atoms in total. The van der Waals surface area contributed by atoms with E-state index < -0.39 is 0 Å². The van der Waals surface area contributed by atoms with Crippen LogP contribution in [-0.4, -0.2) is 53.4 Å². The second kappa shape index (κ2) is 6.64. The summed E-state index contributed by atoms with van der Waals surface area (Å²) in [6, 6.07) is 1.95. The van der Waals surface area contributed by atoms with Gasteiger partial charge in [-0.05, 0) is 18.9 Å². The van der Waals surface area contributed by atoms with E-state index in [2.05, 4.69) is 15.6 Å². The minimum Gasteiger partial charge on any atom is -0.371 e. The molecule has 7 heteroatoms. The maximum atomic E-state index is 11.3. The van der Waals surface area contributed by atoms with Gasteiger partial charge in [-0.2, -0.15) is 0 Å². The highest BCUT2D eigenvalue weighted by Crippen LogP contribution is 2.33. The number of ether oxygens (including phenoxy) is 2. The van der Waals surface area contributed by atoms with Gasteiger partial charge in [0.1, 0.15) is 12.2 Å². The highest BCUT2D eigenvalue weighted by atomic mass is 16.6. The number of anilines is 1. The topological polar surface area (TPSA) is 85.4 Å². The summed E-state index contributed by atoms with van der Waals surface area (Å²) >= 11 is 0. The summed E-state index contributed by atoms with van der Waals surface area (Å²) in [5.41, 5.74) is 1.13.